The van der Waals surface area contributed by atoms with E-state index in [0.717, 1.165) is 4.88 Å². The summed E-state index contributed by atoms with van der Waals surface area (Å²) in [6, 6.07) is 7.92. The maximum atomic E-state index is 12.5. The predicted octanol–water partition coefficient (Wildman–Crippen LogP) is 5.37. The Morgan fingerprint density at radius 3 is 2.71 bits per heavy atom. The molecule has 0 spiro atoms. The molecule has 0 saturated carbocycles. The fourth-order valence-corrected chi connectivity index (χ4v) is 3.24. The van der Waals surface area contributed by atoms with Crippen molar-refractivity contribution in [2.75, 3.05) is 11.9 Å². The predicted molar refractivity (Wildman–Crippen MR) is 92.2 cm³/mol. The Bertz CT molecular complexity index is 709. The van der Waals surface area contributed by atoms with Gasteiger partial charge in [0, 0.05) is 11.4 Å². The number of anilines is 1. The highest BCUT2D eigenvalue weighted by atomic mass is 35.5. The van der Waals surface area contributed by atoms with Gasteiger partial charge in [0.15, 0.2) is 0 Å². The highest BCUT2D eigenvalue weighted by molar-refractivity contribution is 7.16. The van der Waals surface area contributed by atoms with Gasteiger partial charge in [-0.2, -0.15) is 8.78 Å². The van der Waals surface area contributed by atoms with Crippen molar-refractivity contribution >= 4 is 34.7 Å². The third-order valence-electron chi connectivity index (χ3n) is 3.33. The molecule has 2 aromatic rings. The number of carbonyl (C=O) groups excluding carboxylic acids is 1. The lowest BCUT2D eigenvalue weighted by Gasteiger charge is -2.22. The number of halogens is 3. The summed E-state index contributed by atoms with van der Waals surface area (Å²) in [6.45, 7) is 1.43. The lowest BCUT2D eigenvalue weighted by molar-refractivity contribution is -0.0493. The SMILES string of the molecule is CCN(Cc1ccc(Cl)s1)C(=O)Nc1c(C)cccc1OC(F)F. The number of rotatable bonds is 6. The van der Waals surface area contributed by atoms with Gasteiger partial charge >= 0.3 is 12.6 Å². The van der Waals surface area contributed by atoms with Crippen LogP contribution in [0.5, 0.6) is 5.75 Å². The molecule has 1 aromatic heterocycles. The quantitative estimate of drug-likeness (QED) is 0.739. The van der Waals surface area contributed by atoms with Crippen LogP contribution in [0.1, 0.15) is 17.4 Å². The number of thiophene rings is 1. The first kappa shape index (κ1) is 18.5. The van der Waals surface area contributed by atoms with Crippen LogP contribution in [0.3, 0.4) is 0 Å². The van der Waals surface area contributed by atoms with Gasteiger partial charge in [-0.3, -0.25) is 0 Å². The summed E-state index contributed by atoms with van der Waals surface area (Å²) in [7, 11) is 0. The van der Waals surface area contributed by atoms with Crippen LogP contribution in [0.4, 0.5) is 19.3 Å². The van der Waals surface area contributed by atoms with Crippen LogP contribution in [0.2, 0.25) is 4.34 Å². The Morgan fingerprint density at radius 1 is 1.38 bits per heavy atom. The number of hydrogen-bond acceptors (Lipinski definition) is 3. The normalized spacial score (nSPS) is 10.8. The molecule has 8 heteroatoms. The van der Waals surface area contributed by atoms with Crippen molar-refractivity contribution in [1.82, 2.24) is 4.90 Å². The fourth-order valence-electron chi connectivity index (χ4n) is 2.13. The van der Waals surface area contributed by atoms with Gasteiger partial charge in [-0.05, 0) is 37.6 Å². The van der Waals surface area contributed by atoms with Gasteiger partial charge in [0.05, 0.1) is 16.6 Å². The van der Waals surface area contributed by atoms with Gasteiger partial charge in [0.1, 0.15) is 5.75 Å². The smallest absolute Gasteiger partial charge is 0.387 e. The number of benzene rings is 1. The average Bonchev–Trinajstić information content (AvgIpc) is 2.93. The lowest BCUT2D eigenvalue weighted by Crippen LogP contribution is -2.34. The van der Waals surface area contributed by atoms with E-state index in [4.69, 9.17) is 11.6 Å². The fraction of sp³-hybridized carbons (Fsp3) is 0.312. The standard InChI is InChI=1S/C16H17ClF2N2O2S/c1-3-21(9-11-7-8-13(17)24-11)16(22)20-14-10(2)5-4-6-12(14)23-15(18)19/h4-8,15H,3,9H2,1-2H3,(H,20,22). The van der Waals surface area contributed by atoms with E-state index in [1.807, 2.05) is 13.0 Å². The molecule has 130 valence electrons. The molecule has 0 saturated heterocycles. The third kappa shape index (κ3) is 4.82. The van der Waals surface area contributed by atoms with Crippen molar-refractivity contribution in [2.45, 2.75) is 27.0 Å². The molecule has 0 unspecified atom stereocenters. The van der Waals surface area contributed by atoms with Gasteiger partial charge in [-0.15, -0.1) is 11.3 Å². The number of ether oxygens (including phenoxy) is 1. The van der Waals surface area contributed by atoms with E-state index < -0.39 is 12.6 Å². The Hall–Kier alpha value is -1.86. The molecular weight excluding hydrogens is 358 g/mol. The zero-order valence-corrected chi connectivity index (χ0v) is 14.8. The Balaban J connectivity index is 2.15. The summed E-state index contributed by atoms with van der Waals surface area (Å²) in [6.07, 6.45) is 0. The number of nitrogens with one attached hydrogen (secondary N) is 1. The number of hydrogen-bond donors (Lipinski definition) is 1. The number of urea groups is 1. The molecule has 4 nitrogen and oxygen atoms in total. The zero-order chi connectivity index (χ0) is 17.7. The summed E-state index contributed by atoms with van der Waals surface area (Å²) in [5.41, 5.74) is 0.877. The summed E-state index contributed by atoms with van der Waals surface area (Å²) < 4.78 is 30.2. The van der Waals surface area contributed by atoms with Crippen LogP contribution < -0.4 is 10.1 Å². The van der Waals surface area contributed by atoms with Crippen molar-refractivity contribution in [3.63, 3.8) is 0 Å². The largest absolute Gasteiger partial charge is 0.433 e. The van der Waals surface area contributed by atoms with E-state index in [1.54, 1.807) is 30.0 Å². The maximum absolute atomic E-state index is 12.5. The highest BCUT2D eigenvalue weighted by Gasteiger charge is 2.18. The first-order valence-electron chi connectivity index (χ1n) is 7.25. The van der Waals surface area contributed by atoms with Crippen LogP contribution in [0.15, 0.2) is 30.3 Å². The van der Waals surface area contributed by atoms with E-state index in [-0.39, 0.29) is 11.4 Å². The second kappa shape index (κ2) is 8.30. The summed E-state index contributed by atoms with van der Waals surface area (Å²) in [4.78, 5) is 15.0. The monoisotopic (exact) mass is 374 g/mol. The van der Waals surface area contributed by atoms with Crippen molar-refractivity contribution in [3.05, 3.63) is 45.1 Å². The second-order valence-corrected chi connectivity index (χ2v) is 6.78. The zero-order valence-electron chi connectivity index (χ0n) is 13.2. The molecule has 1 aromatic carbocycles. The van der Waals surface area contributed by atoms with Crippen LogP contribution in [-0.2, 0) is 6.54 Å². The van der Waals surface area contributed by atoms with Crippen LogP contribution in [0, 0.1) is 6.92 Å². The molecule has 24 heavy (non-hydrogen) atoms. The topological polar surface area (TPSA) is 41.6 Å². The number of para-hydroxylation sites is 1. The molecule has 1 heterocycles. The van der Waals surface area contributed by atoms with Crippen molar-refractivity contribution < 1.29 is 18.3 Å². The summed E-state index contributed by atoms with van der Waals surface area (Å²) in [5.74, 6) is -0.0615. The molecular formula is C16H17ClF2N2O2S. The van der Waals surface area contributed by atoms with Gasteiger partial charge in [-0.1, -0.05) is 23.7 Å². The minimum absolute atomic E-state index is 0.0615. The minimum Gasteiger partial charge on any atom is -0.433 e. The second-order valence-electron chi connectivity index (χ2n) is 4.98. The third-order valence-corrected chi connectivity index (χ3v) is 4.54. The van der Waals surface area contributed by atoms with Crippen molar-refractivity contribution in [2.24, 2.45) is 0 Å². The molecule has 2 amide bonds. The van der Waals surface area contributed by atoms with E-state index >= 15 is 0 Å². The molecule has 0 radical (unpaired) electrons. The molecule has 0 aliphatic rings. The number of carbonyl (C=O) groups is 1. The molecule has 2 rings (SSSR count). The summed E-state index contributed by atoms with van der Waals surface area (Å²) >= 11 is 7.29. The number of aryl methyl sites for hydroxylation is 1. The van der Waals surface area contributed by atoms with Gasteiger partial charge in [-0.25, -0.2) is 4.79 Å². The Morgan fingerprint density at radius 2 is 2.12 bits per heavy atom. The first-order valence-corrected chi connectivity index (χ1v) is 8.44. The van der Waals surface area contributed by atoms with Gasteiger partial charge in [0.25, 0.3) is 0 Å². The molecule has 0 bridgehead atoms. The maximum Gasteiger partial charge on any atom is 0.387 e. The number of nitrogens with zero attached hydrogens (tertiary/aromatic N) is 1. The molecule has 1 N–H and O–H groups in total. The van der Waals surface area contributed by atoms with Crippen LogP contribution >= 0.6 is 22.9 Å². The number of alkyl halides is 2. The van der Waals surface area contributed by atoms with Crippen molar-refractivity contribution in [3.8, 4) is 5.75 Å². The van der Waals surface area contributed by atoms with Gasteiger partial charge < -0.3 is 15.0 Å². The first-order chi connectivity index (χ1) is 11.4. The van der Waals surface area contributed by atoms with Gasteiger partial charge in [0.2, 0.25) is 0 Å². The Labute approximate surface area is 148 Å². The lowest BCUT2D eigenvalue weighted by atomic mass is 10.2. The molecule has 0 atom stereocenters. The molecule has 0 aliphatic carbocycles. The Kier molecular flexibility index (Phi) is 6.39. The van der Waals surface area contributed by atoms with E-state index in [2.05, 4.69) is 10.1 Å². The highest BCUT2D eigenvalue weighted by Crippen LogP contribution is 2.30. The van der Waals surface area contributed by atoms with E-state index in [0.29, 0.717) is 23.0 Å². The van der Waals surface area contributed by atoms with E-state index in [9.17, 15) is 13.6 Å². The average molecular weight is 375 g/mol. The summed E-state index contributed by atoms with van der Waals surface area (Å²) in [5, 5.41) is 2.66. The minimum atomic E-state index is -2.96. The molecule has 0 aliphatic heterocycles. The van der Waals surface area contributed by atoms with Crippen LogP contribution in [-0.4, -0.2) is 24.1 Å². The van der Waals surface area contributed by atoms with Crippen LogP contribution in [0.25, 0.3) is 0 Å². The van der Waals surface area contributed by atoms with E-state index in [1.165, 1.54) is 17.4 Å². The number of amides is 2. The van der Waals surface area contributed by atoms with Crippen molar-refractivity contribution in [1.29, 1.82) is 0 Å². The molecule has 0 fully saturated rings.